The number of aromatic nitrogens is 1. The molecule has 0 fully saturated rings. The Morgan fingerprint density at radius 3 is 2.81 bits per heavy atom. The molecule has 16 heavy (non-hydrogen) atoms. The second kappa shape index (κ2) is 5.11. The summed E-state index contributed by atoms with van der Waals surface area (Å²) in [6.07, 6.45) is 1.36. The van der Waals surface area contributed by atoms with Crippen molar-refractivity contribution in [2.75, 3.05) is 18.9 Å². The van der Waals surface area contributed by atoms with Gasteiger partial charge in [0, 0.05) is 19.8 Å². The molecule has 1 rings (SSSR count). The maximum absolute atomic E-state index is 11.5. The van der Waals surface area contributed by atoms with E-state index in [1.807, 2.05) is 6.92 Å². The Bertz CT molecular complexity index is 406. The molecule has 0 saturated heterocycles. The first-order chi connectivity index (χ1) is 7.56. The maximum Gasteiger partial charge on any atom is 0.356 e. The van der Waals surface area contributed by atoms with E-state index >= 15 is 0 Å². The first kappa shape index (κ1) is 12.0. The number of pyridine rings is 1. The smallest absolute Gasteiger partial charge is 0.356 e. The van der Waals surface area contributed by atoms with Gasteiger partial charge in [-0.2, -0.15) is 0 Å². The predicted molar refractivity (Wildman–Crippen MR) is 58.5 cm³/mol. The van der Waals surface area contributed by atoms with Crippen molar-refractivity contribution < 1.29 is 14.7 Å². The number of carboxylic acids is 1. The van der Waals surface area contributed by atoms with Crippen LogP contribution in [0.15, 0.2) is 18.3 Å². The van der Waals surface area contributed by atoms with Crippen LogP contribution in [0.25, 0.3) is 0 Å². The molecule has 0 aliphatic heterocycles. The topological polar surface area (TPSA) is 82.5 Å². The lowest BCUT2D eigenvalue weighted by atomic mass is 10.3. The van der Waals surface area contributed by atoms with Crippen molar-refractivity contribution in [3.8, 4) is 0 Å². The van der Waals surface area contributed by atoms with Crippen LogP contribution in [0.1, 0.15) is 17.4 Å². The first-order valence-electron chi connectivity index (χ1n) is 4.76. The lowest BCUT2D eigenvalue weighted by Gasteiger charge is -2.15. The van der Waals surface area contributed by atoms with Gasteiger partial charge in [0.15, 0.2) is 5.69 Å². The van der Waals surface area contributed by atoms with Crippen LogP contribution >= 0.6 is 0 Å². The molecule has 0 spiro atoms. The average Bonchev–Trinajstić information content (AvgIpc) is 2.28. The predicted octanol–water partition coefficient (Wildman–Crippen LogP) is 1.26. The SMILES string of the molecule is CCN(C)C(=O)Nc1cccnc1C(=O)O. The summed E-state index contributed by atoms with van der Waals surface area (Å²) in [5.74, 6) is -1.17. The van der Waals surface area contributed by atoms with Gasteiger partial charge < -0.3 is 15.3 Å². The summed E-state index contributed by atoms with van der Waals surface area (Å²) in [5.41, 5.74) is 0.0284. The van der Waals surface area contributed by atoms with Crippen LogP contribution in [-0.2, 0) is 0 Å². The van der Waals surface area contributed by atoms with E-state index in [4.69, 9.17) is 5.11 Å². The van der Waals surface area contributed by atoms with E-state index < -0.39 is 5.97 Å². The van der Waals surface area contributed by atoms with E-state index in [9.17, 15) is 9.59 Å². The van der Waals surface area contributed by atoms with Crippen LogP contribution in [0.4, 0.5) is 10.5 Å². The number of rotatable bonds is 3. The van der Waals surface area contributed by atoms with Crippen LogP contribution in [0.2, 0.25) is 0 Å². The molecular formula is C10H13N3O3. The van der Waals surface area contributed by atoms with Crippen molar-refractivity contribution in [1.82, 2.24) is 9.88 Å². The lowest BCUT2D eigenvalue weighted by molar-refractivity contribution is 0.0691. The number of anilines is 1. The van der Waals surface area contributed by atoms with E-state index in [1.165, 1.54) is 17.2 Å². The molecule has 0 bridgehead atoms. The molecule has 1 aromatic rings. The number of nitrogens with zero attached hydrogens (tertiary/aromatic N) is 2. The van der Waals surface area contributed by atoms with Gasteiger partial charge in [0.05, 0.1) is 5.69 Å². The van der Waals surface area contributed by atoms with Crippen LogP contribution in [0, 0.1) is 0 Å². The van der Waals surface area contributed by atoms with Gasteiger partial charge in [-0.05, 0) is 19.1 Å². The quantitative estimate of drug-likeness (QED) is 0.808. The molecule has 0 aliphatic carbocycles. The van der Waals surface area contributed by atoms with Crippen molar-refractivity contribution in [3.05, 3.63) is 24.0 Å². The zero-order valence-corrected chi connectivity index (χ0v) is 9.10. The highest BCUT2D eigenvalue weighted by atomic mass is 16.4. The van der Waals surface area contributed by atoms with E-state index in [0.29, 0.717) is 6.54 Å². The van der Waals surface area contributed by atoms with Crippen LogP contribution in [0.3, 0.4) is 0 Å². The third kappa shape index (κ3) is 2.69. The summed E-state index contributed by atoms with van der Waals surface area (Å²) in [6, 6.07) is 2.70. The number of amides is 2. The van der Waals surface area contributed by atoms with Crippen LogP contribution in [0.5, 0.6) is 0 Å². The van der Waals surface area contributed by atoms with Gasteiger partial charge >= 0.3 is 12.0 Å². The van der Waals surface area contributed by atoms with E-state index in [2.05, 4.69) is 10.3 Å². The monoisotopic (exact) mass is 223 g/mol. The number of nitrogens with one attached hydrogen (secondary N) is 1. The van der Waals surface area contributed by atoms with Gasteiger partial charge in [-0.3, -0.25) is 0 Å². The molecular weight excluding hydrogens is 210 g/mol. The van der Waals surface area contributed by atoms with Crippen molar-refractivity contribution in [3.63, 3.8) is 0 Å². The summed E-state index contributed by atoms with van der Waals surface area (Å²) in [4.78, 5) is 27.4. The summed E-state index contributed by atoms with van der Waals surface area (Å²) in [5, 5.41) is 11.3. The fraction of sp³-hybridized carbons (Fsp3) is 0.300. The Morgan fingerprint density at radius 1 is 1.56 bits per heavy atom. The Kier molecular flexibility index (Phi) is 3.82. The number of hydrogen-bond donors (Lipinski definition) is 2. The number of carbonyl (C=O) groups is 2. The highest BCUT2D eigenvalue weighted by Crippen LogP contribution is 2.12. The number of aromatic carboxylic acids is 1. The van der Waals surface area contributed by atoms with Gasteiger partial charge in [-0.25, -0.2) is 14.6 Å². The Morgan fingerprint density at radius 2 is 2.25 bits per heavy atom. The zero-order chi connectivity index (χ0) is 12.1. The molecule has 0 aromatic carbocycles. The Hall–Kier alpha value is -2.11. The minimum Gasteiger partial charge on any atom is -0.476 e. The summed E-state index contributed by atoms with van der Waals surface area (Å²) < 4.78 is 0. The minimum atomic E-state index is -1.17. The van der Waals surface area contributed by atoms with Crippen molar-refractivity contribution in [2.45, 2.75) is 6.92 Å². The maximum atomic E-state index is 11.5. The van der Waals surface area contributed by atoms with Gasteiger partial charge in [0.1, 0.15) is 0 Å². The Balaban J connectivity index is 2.89. The average molecular weight is 223 g/mol. The molecule has 6 nitrogen and oxygen atoms in total. The second-order valence-corrected chi connectivity index (χ2v) is 3.15. The van der Waals surface area contributed by atoms with E-state index in [-0.39, 0.29) is 17.4 Å². The molecule has 1 aromatic heterocycles. The van der Waals surface area contributed by atoms with Crippen LogP contribution in [-0.4, -0.2) is 40.6 Å². The minimum absolute atomic E-state index is 0.166. The number of urea groups is 1. The molecule has 2 amide bonds. The molecule has 0 aliphatic rings. The molecule has 0 unspecified atom stereocenters. The second-order valence-electron chi connectivity index (χ2n) is 3.15. The van der Waals surface area contributed by atoms with Crippen molar-refractivity contribution in [2.24, 2.45) is 0 Å². The van der Waals surface area contributed by atoms with Gasteiger partial charge in [0.25, 0.3) is 0 Å². The largest absolute Gasteiger partial charge is 0.476 e. The fourth-order valence-electron chi connectivity index (χ4n) is 1.03. The van der Waals surface area contributed by atoms with Crippen LogP contribution < -0.4 is 5.32 Å². The summed E-state index contributed by atoms with van der Waals surface area (Å²) >= 11 is 0. The molecule has 86 valence electrons. The first-order valence-corrected chi connectivity index (χ1v) is 4.76. The van der Waals surface area contributed by atoms with Gasteiger partial charge in [0.2, 0.25) is 0 Å². The summed E-state index contributed by atoms with van der Waals surface area (Å²) in [7, 11) is 1.62. The molecule has 2 N–H and O–H groups in total. The molecule has 0 radical (unpaired) electrons. The molecule has 1 heterocycles. The molecule has 0 saturated carbocycles. The summed E-state index contributed by atoms with van der Waals surface area (Å²) in [6.45, 7) is 2.36. The standard InChI is InChI=1S/C10H13N3O3/c1-3-13(2)10(16)12-7-5-4-6-11-8(7)9(14)15/h4-6H,3H2,1-2H3,(H,12,16)(H,14,15). The lowest BCUT2D eigenvalue weighted by Crippen LogP contribution is -2.31. The third-order valence-electron chi connectivity index (χ3n) is 2.07. The van der Waals surface area contributed by atoms with Crippen molar-refractivity contribution in [1.29, 1.82) is 0 Å². The third-order valence-corrected chi connectivity index (χ3v) is 2.07. The highest BCUT2D eigenvalue weighted by Gasteiger charge is 2.14. The Labute approximate surface area is 92.9 Å². The number of hydrogen-bond acceptors (Lipinski definition) is 3. The van der Waals surface area contributed by atoms with E-state index in [1.54, 1.807) is 13.1 Å². The molecule has 0 atom stereocenters. The number of carboxylic acid groups (broad SMARTS) is 1. The van der Waals surface area contributed by atoms with Gasteiger partial charge in [-0.1, -0.05) is 0 Å². The van der Waals surface area contributed by atoms with Crippen molar-refractivity contribution >= 4 is 17.7 Å². The highest BCUT2D eigenvalue weighted by molar-refractivity contribution is 5.98. The number of carbonyl (C=O) groups excluding carboxylic acids is 1. The zero-order valence-electron chi connectivity index (χ0n) is 9.10. The normalized spacial score (nSPS) is 9.62. The fourth-order valence-corrected chi connectivity index (χ4v) is 1.03. The van der Waals surface area contributed by atoms with Gasteiger partial charge in [-0.15, -0.1) is 0 Å². The van der Waals surface area contributed by atoms with E-state index in [0.717, 1.165) is 0 Å². The molecule has 6 heteroatoms.